The summed E-state index contributed by atoms with van der Waals surface area (Å²) >= 11 is 0. The zero-order chi connectivity index (χ0) is 14.6. The van der Waals surface area contributed by atoms with Gasteiger partial charge < -0.3 is 5.11 Å². The average Bonchev–Trinajstić information content (AvgIpc) is 2.40. The maximum absolute atomic E-state index is 13.5. The molecule has 2 rings (SSSR count). The van der Waals surface area contributed by atoms with E-state index in [1.165, 1.54) is 6.07 Å². The highest BCUT2D eigenvalue weighted by molar-refractivity contribution is 5.78. The largest absolute Gasteiger partial charge is 0.389 e. The van der Waals surface area contributed by atoms with Gasteiger partial charge in [0.05, 0.1) is 17.7 Å². The van der Waals surface area contributed by atoms with E-state index in [4.69, 9.17) is 0 Å². The normalized spacial score (nSPS) is 17.6. The van der Waals surface area contributed by atoms with E-state index in [1.807, 2.05) is 6.92 Å². The molecule has 4 nitrogen and oxygen atoms in total. The van der Waals surface area contributed by atoms with Crippen molar-refractivity contribution in [2.45, 2.75) is 51.0 Å². The highest BCUT2D eigenvalue weighted by Crippen LogP contribution is 2.30. The van der Waals surface area contributed by atoms with Gasteiger partial charge in [-0.05, 0) is 37.5 Å². The molecular weight excluding hydrogens is 259 g/mol. The number of rotatable bonds is 4. The van der Waals surface area contributed by atoms with Gasteiger partial charge >= 0.3 is 0 Å². The van der Waals surface area contributed by atoms with Gasteiger partial charge in [0.25, 0.3) is 0 Å². The minimum Gasteiger partial charge on any atom is -0.389 e. The molecule has 1 aromatic carbocycles. The molecule has 0 aromatic heterocycles. The summed E-state index contributed by atoms with van der Waals surface area (Å²) in [6.07, 6.45) is 4.36. The number of benzene rings is 1. The minimum atomic E-state index is -0.908. The Morgan fingerprint density at radius 3 is 2.75 bits per heavy atom. The summed E-state index contributed by atoms with van der Waals surface area (Å²) in [6.45, 7) is 1.84. The summed E-state index contributed by atoms with van der Waals surface area (Å²) in [5, 5.41) is 10.3. The van der Waals surface area contributed by atoms with Gasteiger partial charge in [0, 0.05) is 0 Å². The van der Waals surface area contributed by atoms with Gasteiger partial charge in [-0.1, -0.05) is 25.3 Å². The van der Waals surface area contributed by atoms with Gasteiger partial charge in [-0.25, -0.2) is 4.39 Å². The number of aryl methyl sites for hydroxylation is 1. The van der Waals surface area contributed by atoms with E-state index < -0.39 is 11.4 Å². The Kier molecular flexibility index (Phi) is 4.60. The summed E-state index contributed by atoms with van der Waals surface area (Å²) in [6, 6.07) is 4.62. The van der Waals surface area contributed by atoms with E-state index in [-0.39, 0.29) is 18.0 Å². The lowest BCUT2D eigenvalue weighted by Gasteiger charge is -2.31. The lowest BCUT2D eigenvalue weighted by molar-refractivity contribution is -0.126. The maximum Gasteiger partial charge on any atom is 0.241 e. The first kappa shape index (κ1) is 14.8. The second-order valence-corrected chi connectivity index (χ2v) is 5.62. The molecule has 1 aromatic rings. The second kappa shape index (κ2) is 6.22. The van der Waals surface area contributed by atoms with Crippen molar-refractivity contribution < 1.29 is 14.3 Å². The van der Waals surface area contributed by atoms with Crippen molar-refractivity contribution in [3.63, 3.8) is 0 Å². The van der Waals surface area contributed by atoms with E-state index in [9.17, 15) is 14.3 Å². The lowest BCUT2D eigenvalue weighted by atomic mass is 9.82. The quantitative estimate of drug-likeness (QED) is 0.743. The molecule has 1 aliphatic rings. The van der Waals surface area contributed by atoms with Gasteiger partial charge in [0.1, 0.15) is 5.82 Å². The molecule has 0 radical (unpaired) electrons. The minimum absolute atomic E-state index is 0.0490. The van der Waals surface area contributed by atoms with Crippen molar-refractivity contribution in [1.29, 1.82) is 0 Å². The van der Waals surface area contributed by atoms with Crippen molar-refractivity contribution in [1.82, 2.24) is 5.43 Å². The number of nitrogens with one attached hydrogen (secondary N) is 2. The molecule has 0 bridgehead atoms. The van der Waals surface area contributed by atoms with Gasteiger partial charge in [-0.2, -0.15) is 0 Å². The molecular formula is C15H21FN2O2. The van der Waals surface area contributed by atoms with Crippen molar-refractivity contribution in [2.75, 3.05) is 5.43 Å². The number of hydrogen-bond donors (Lipinski definition) is 3. The third kappa shape index (κ3) is 3.93. The first-order chi connectivity index (χ1) is 9.48. The summed E-state index contributed by atoms with van der Waals surface area (Å²) in [4.78, 5) is 11.8. The van der Waals surface area contributed by atoms with Crippen LogP contribution in [-0.2, 0) is 4.79 Å². The smallest absolute Gasteiger partial charge is 0.241 e. The molecule has 0 atom stereocenters. The van der Waals surface area contributed by atoms with E-state index in [0.717, 1.165) is 24.8 Å². The average molecular weight is 280 g/mol. The molecule has 1 saturated carbocycles. The number of hydrazine groups is 1. The Hall–Kier alpha value is -1.62. The van der Waals surface area contributed by atoms with Crippen molar-refractivity contribution in [2.24, 2.45) is 0 Å². The molecule has 0 aliphatic heterocycles. The standard InChI is InChI=1S/C15H21FN2O2/c1-11-5-6-12(16)13(9-11)17-18-14(19)10-15(20)7-3-2-4-8-15/h5-6,9,17,20H,2-4,7-8,10H2,1H3,(H,18,19). The van der Waals surface area contributed by atoms with Crippen LogP contribution < -0.4 is 10.9 Å². The summed E-state index contributed by atoms with van der Waals surface area (Å²) in [5.41, 5.74) is 5.25. The van der Waals surface area contributed by atoms with Crippen LogP contribution in [0, 0.1) is 12.7 Å². The van der Waals surface area contributed by atoms with E-state index in [2.05, 4.69) is 10.9 Å². The highest BCUT2D eigenvalue weighted by atomic mass is 19.1. The molecule has 1 fully saturated rings. The molecule has 0 spiro atoms. The molecule has 0 heterocycles. The predicted molar refractivity (Wildman–Crippen MR) is 75.6 cm³/mol. The number of hydrogen-bond acceptors (Lipinski definition) is 3. The number of aliphatic hydroxyl groups is 1. The van der Waals surface area contributed by atoms with Crippen molar-refractivity contribution >= 4 is 11.6 Å². The molecule has 5 heteroatoms. The zero-order valence-corrected chi connectivity index (χ0v) is 11.7. The third-order valence-corrected chi connectivity index (χ3v) is 3.73. The molecule has 110 valence electrons. The van der Waals surface area contributed by atoms with Crippen LogP contribution in [-0.4, -0.2) is 16.6 Å². The Morgan fingerprint density at radius 1 is 1.35 bits per heavy atom. The number of amides is 1. The van der Waals surface area contributed by atoms with Crippen LogP contribution in [0.4, 0.5) is 10.1 Å². The Labute approximate surface area is 118 Å². The van der Waals surface area contributed by atoms with Crippen molar-refractivity contribution in [3.05, 3.63) is 29.6 Å². The number of carbonyl (C=O) groups excluding carboxylic acids is 1. The van der Waals surface area contributed by atoms with E-state index in [0.29, 0.717) is 12.8 Å². The Morgan fingerprint density at radius 2 is 2.05 bits per heavy atom. The monoisotopic (exact) mass is 280 g/mol. The van der Waals surface area contributed by atoms with Gasteiger partial charge in [0.2, 0.25) is 5.91 Å². The first-order valence-corrected chi connectivity index (χ1v) is 7.02. The van der Waals surface area contributed by atoms with Gasteiger partial charge in [-0.3, -0.25) is 15.6 Å². The number of carbonyl (C=O) groups is 1. The SMILES string of the molecule is Cc1ccc(F)c(NNC(=O)CC2(O)CCCCC2)c1. The van der Waals surface area contributed by atoms with E-state index >= 15 is 0 Å². The van der Waals surface area contributed by atoms with E-state index in [1.54, 1.807) is 12.1 Å². The van der Waals surface area contributed by atoms with Crippen LogP contribution >= 0.6 is 0 Å². The van der Waals surface area contributed by atoms with Crippen LogP contribution in [0.25, 0.3) is 0 Å². The Bertz CT molecular complexity index is 485. The Balaban J connectivity index is 1.87. The molecule has 1 aliphatic carbocycles. The topological polar surface area (TPSA) is 61.4 Å². The summed E-state index contributed by atoms with van der Waals surface area (Å²) in [7, 11) is 0. The highest BCUT2D eigenvalue weighted by Gasteiger charge is 2.31. The van der Waals surface area contributed by atoms with Crippen LogP contribution in [0.3, 0.4) is 0 Å². The first-order valence-electron chi connectivity index (χ1n) is 7.02. The second-order valence-electron chi connectivity index (χ2n) is 5.62. The van der Waals surface area contributed by atoms with Crippen molar-refractivity contribution in [3.8, 4) is 0 Å². The fourth-order valence-electron chi connectivity index (χ4n) is 2.60. The predicted octanol–water partition coefficient (Wildman–Crippen LogP) is 2.66. The van der Waals surface area contributed by atoms with Crippen LogP contribution in [0.1, 0.15) is 44.1 Å². The number of anilines is 1. The molecule has 0 saturated heterocycles. The number of halogens is 1. The molecule has 0 unspecified atom stereocenters. The maximum atomic E-state index is 13.5. The molecule has 3 N–H and O–H groups in total. The fraction of sp³-hybridized carbons (Fsp3) is 0.533. The summed E-state index contributed by atoms with van der Waals surface area (Å²) in [5.74, 6) is -0.748. The fourth-order valence-corrected chi connectivity index (χ4v) is 2.60. The lowest BCUT2D eigenvalue weighted by Crippen LogP contribution is -2.40. The van der Waals surface area contributed by atoms with Gasteiger partial charge in [0.15, 0.2) is 0 Å². The molecule has 20 heavy (non-hydrogen) atoms. The molecule has 1 amide bonds. The zero-order valence-electron chi connectivity index (χ0n) is 11.7. The van der Waals surface area contributed by atoms with Crippen LogP contribution in [0.2, 0.25) is 0 Å². The van der Waals surface area contributed by atoms with Crippen LogP contribution in [0.15, 0.2) is 18.2 Å². The van der Waals surface area contributed by atoms with Crippen LogP contribution in [0.5, 0.6) is 0 Å². The summed E-state index contributed by atoms with van der Waals surface area (Å²) < 4.78 is 13.5. The third-order valence-electron chi connectivity index (χ3n) is 3.73. The van der Waals surface area contributed by atoms with Gasteiger partial charge in [-0.15, -0.1) is 0 Å².